The van der Waals surface area contributed by atoms with Gasteiger partial charge in [-0.2, -0.15) is 0 Å². The van der Waals surface area contributed by atoms with E-state index in [-0.39, 0.29) is 43.8 Å². The maximum atomic E-state index is 12.9. The Labute approximate surface area is 173 Å². The standard InChI is InChI=1S/C21H22N4O5/c1-2-10-24(13-18-22-23-21(30-18)17-8-5-12-28-17)19(26)9-11-25-15-6-3-4-7-16(15)29-14-20(25)27/h3-8,12H,2,9-11,13-14H2,1H3. The van der Waals surface area contributed by atoms with E-state index in [0.29, 0.717) is 29.6 Å². The van der Waals surface area contributed by atoms with Crippen molar-refractivity contribution in [3.8, 4) is 17.4 Å². The number of para-hydroxylation sites is 2. The minimum atomic E-state index is -0.163. The van der Waals surface area contributed by atoms with Crippen molar-refractivity contribution in [3.05, 3.63) is 48.6 Å². The van der Waals surface area contributed by atoms with E-state index < -0.39 is 0 Å². The first kappa shape index (κ1) is 19.7. The van der Waals surface area contributed by atoms with Crippen molar-refractivity contribution in [2.75, 3.05) is 24.6 Å². The van der Waals surface area contributed by atoms with Crippen molar-refractivity contribution >= 4 is 17.5 Å². The van der Waals surface area contributed by atoms with Crippen LogP contribution in [0.2, 0.25) is 0 Å². The molecule has 1 aliphatic rings. The van der Waals surface area contributed by atoms with Crippen LogP contribution in [0.1, 0.15) is 25.7 Å². The lowest BCUT2D eigenvalue weighted by Crippen LogP contribution is -2.41. The summed E-state index contributed by atoms with van der Waals surface area (Å²) in [7, 11) is 0. The summed E-state index contributed by atoms with van der Waals surface area (Å²) in [4.78, 5) is 28.5. The van der Waals surface area contributed by atoms with E-state index in [2.05, 4.69) is 10.2 Å². The van der Waals surface area contributed by atoms with E-state index in [9.17, 15) is 9.59 Å². The average molecular weight is 410 g/mol. The van der Waals surface area contributed by atoms with Gasteiger partial charge in [-0.25, -0.2) is 0 Å². The predicted molar refractivity (Wildman–Crippen MR) is 107 cm³/mol. The topological polar surface area (TPSA) is 102 Å². The van der Waals surface area contributed by atoms with Crippen LogP contribution in [0.4, 0.5) is 5.69 Å². The minimum absolute atomic E-state index is 0.0264. The molecule has 0 bridgehead atoms. The van der Waals surface area contributed by atoms with Gasteiger partial charge >= 0.3 is 0 Å². The second kappa shape index (κ2) is 8.81. The number of amides is 2. The predicted octanol–water partition coefficient (Wildman–Crippen LogP) is 2.88. The summed E-state index contributed by atoms with van der Waals surface area (Å²) in [6.45, 7) is 2.99. The Morgan fingerprint density at radius 2 is 2.07 bits per heavy atom. The quantitative estimate of drug-likeness (QED) is 0.563. The first-order valence-corrected chi connectivity index (χ1v) is 9.82. The molecule has 2 aromatic heterocycles. The molecule has 0 fully saturated rings. The molecule has 0 N–H and O–H groups in total. The minimum Gasteiger partial charge on any atom is -0.482 e. The molecule has 2 amide bonds. The average Bonchev–Trinajstić information content (AvgIpc) is 3.44. The normalized spacial score (nSPS) is 13.1. The Hall–Kier alpha value is -3.62. The van der Waals surface area contributed by atoms with Crippen molar-refractivity contribution in [3.63, 3.8) is 0 Å². The van der Waals surface area contributed by atoms with Gasteiger partial charge < -0.3 is 23.4 Å². The highest BCUT2D eigenvalue weighted by atomic mass is 16.5. The number of benzene rings is 1. The third-order valence-corrected chi connectivity index (χ3v) is 4.73. The number of carbonyl (C=O) groups excluding carboxylic acids is 2. The Balaban J connectivity index is 1.41. The molecule has 0 spiro atoms. The molecule has 1 aromatic carbocycles. The lowest BCUT2D eigenvalue weighted by molar-refractivity contribution is -0.132. The molecule has 3 heterocycles. The Morgan fingerprint density at radius 3 is 2.87 bits per heavy atom. The highest BCUT2D eigenvalue weighted by Crippen LogP contribution is 2.31. The molecule has 0 atom stereocenters. The number of hydrogen-bond donors (Lipinski definition) is 0. The van der Waals surface area contributed by atoms with Crippen LogP contribution in [0, 0.1) is 0 Å². The molecule has 0 saturated heterocycles. The van der Waals surface area contributed by atoms with Gasteiger partial charge in [0.15, 0.2) is 12.4 Å². The van der Waals surface area contributed by atoms with E-state index in [1.807, 2.05) is 31.2 Å². The first-order chi connectivity index (χ1) is 14.7. The molecular formula is C21H22N4O5. The molecule has 30 heavy (non-hydrogen) atoms. The number of ether oxygens (including phenoxy) is 1. The Bertz CT molecular complexity index is 1010. The van der Waals surface area contributed by atoms with Gasteiger partial charge in [0.05, 0.1) is 18.5 Å². The smallest absolute Gasteiger partial charge is 0.283 e. The monoisotopic (exact) mass is 410 g/mol. The van der Waals surface area contributed by atoms with Crippen LogP contribution in [-0.2, 0) is 16.1 Å². The zero-order chi connectivity index (χ0) is 20.9. The van der Waals surface area contributed by atoms with Crippen LogP contribution in [0.15, 0.2) is 51.5 Å². The fraction of sp³-hybridized carbons (Fsp3) is 0.333. The van der Waals surface area contributed by atoms with E-state index in [1.54, 1.807) is 21.9 Å². The number of anilines is 1. The summed E-state index contributed by atoms with van der Waals surface area (Å²) < 4.78 is 16.3. The largest absolute Gasteiger partial charge is 0.482 e. The van der Waals surface area contributed by atoms with Crippen LogP contribution in [0.25, 0.3) is 11.7 Å². The van der Waals surface area contributed by atoms with Crippen molar-refractivity contribution < 1.29 is 23.2 Å². The fourth-order valence-corrected chi connectivity index (χ4v) is 3.31. The highest BCUT2D eigenvalue weighted by molar-refractivity contribution is 5.98. The maximum absolute atomic E-state index is 12.9. The fourth-order valence-electron chi connectivity index (χ4n) is 3.31. The van der Waals surface area contributed by atoms with Gasteiger partial charge in [-0.05, 0) is 30.7 Å². The van der Waals surface area contributed by atoms with E-state index in [1.165, 1.54) is 6.26 Å². The van der Waals surface area contributed by atoms with Crippen LogP contribution in [0.3, 0.4) is 0 Å². The number of aromatic nitrogens is 2. The maximum Gasteiger partial charge on any atom is 0.283 e. The Morgan fingerprint density at radius 1 is 1.20 bits per heavy atom. The molecule has 3 aromatic rings. The zero-order valence-electron chi connectivity index (χ0n) is 16.6. The molecule has 1 aliphatic heterocycles. The molecular weight excluding hydrogens is 388 g/mol. The molecule has 9 nitrogen and oxygen atoms in total. The van der Waals surface area contributed by atoms with Gasteiger partial charge in [-0.3, -0.25) is 9.59 Å². The third kappa shape index (κ3) is 4.19. The SMILES string of the molecule is CCCN(Cc1nnc(-c2ccco2)o1)C(=O)CCN1C(=O)COc2ccccc21. The number of furan rings is 1. The van der Waals surface area contributed by atoms with Crippen molar-refractivity contribution in [2.45, 2.75) is 26.3 Å². The van der Waals surface area contributed by atoms with Crippen molar-refractivity contribution in [1.82, 2.24) is 15.1 Å². The number of hydrogen-bond acceptors (Lipinski definition) is 7. The molecule has 9 heteroatoms. The van der Waals surface area contributed by atoms with Crippen molar-refractivity contribution in [2.24, 2.45) is 0 Å². The van der Waals surface area contributed by atoms with E-state index in [4.69, 9.17) is 13.6 Å². The van der Waals surface area contributed by atoms with Gasteiger partial charge in [-0.15, -0.1) is 10.2 Å². The van der Waals surface area contributed by atoms with Crippen LogP contribution in [-0.4, -0.2) is 46.6 Å². The van der Waals surface area contributed by atoms with Gasteiger partial charge in [0.2, 0.25) is 11.8 Å². The van der Waals surface area contributed by atoms with E-state index >= 15 is 0 Å². The second-order valence-corrected chi connectivity index (χ2v) is 6.85. The molecule has 0 saturated carbocycles. The molecule has 4 rings (SSSR count). The Kier molecular flexibility index (Phi) is 5.78. The number of fused-ring (bicyclic) bond motifs is 1. The first-order valence-electron chi connectivity index (χ1n) is 9.82. The van der Waals surface area contributed by atoms with Gasteiger partial charge in [0.25, 0.3) is 11.8 Å². The van der Waals surface area contributed by atoms with E-state index in [0.717, 1.165) is 6.42 Å². The van der Waals surface area contributed by atoms with Crippen LogP contribution in [0.5, 0.6) is 5.75 Å². The summed E-state index contributed by atoms with van der Waals surface area (Å²) in [5.74, 6) is 1.47. The van der Waals surface area contributed by atoms with Crippen molar-refractivity contribution in [1.29, 1.82) is 0 Å². The number of rotatable bonds is 8. The number of nitrogens with zero attached hydrogens (tertiary/aromatic N) is 4. The lowest BCUT2D eigenvalue weighted by atomic mass is 10.2. The summed E-state index contributed by atoms with van der Waals surface area (Å²) >= 11 is 0. The number of carbonyl (C=O) groups is 2. The van der Waals surface area contributed by atoms with Gasteiger partial charge in [0.1, 0.15) is 5.75 Å². The second-order valence-electron chi connectivity index (χ2n) is 6.85. The summed E-state index contributed by atoms with van der Waals surface area (Å²) in [6.07, 6.45) is 2.49. The summed E-state index contributed by atoms with van der Waals surface area (Å²) in [5, 5.41) is 7.99. The molecule has 0 unspecified atom stereocenters. The van der Waals surface area contributed by atoms with Gasteiger partial charge in [-0.1, -0.05) is 19.1 Å². The van der Waals surface area contributed by atoms with Gasteiger partial charge in [0, 0.05) is 19.5 Å². The zero-order valence-corrected chi connectivity index (χ0v) is 16.6. The summed E-state index contributed by atoms with van der Waals surface area (Å²) in [5.41, 5.74) is 0.684. The van der Waals surface area contributed by atoms with Crippen LogP contribution >= 0.6 is 0 Å². The molecule has 0 aliphatic carbocycles. The third-order valence-electron chi connectivity index (χ3n) is 4.73. The van der Waals surface area contributed by atoms with Crippen LogP contribution < -0.4 is 9.64 Å². The molecule has 156 valence electrons. The lowest BCUT2D eigenvalue weighted by Gasteiger charge is -2.30. The summed E-state index contributed by atoms with van der Waals surface area (Å²) in [6, 6.07) is 10.8. The highest BCUT2D eigenvalue weighted by Gasteiger charge is 2.26. The molecule has 0 radical (unpaired) electrons.